The molecule has 1 aliphatic rings. The van der Waals surface area contributed by atoms with Gasteiger partial charge in [-0.1, -0.05) is 6.07 Å². The molecule has 0 heterocycles. The number of hydrogen-bond donors (Lipinski definition) is 0. The molecule has 2 heteroatoms. The van der Waals surface area contributed by atoms with Crippen LogP contribution in [0.4, 0.5) is 0 Å². The minimum absolute atomic E-state index is 0.0876. The van der Waals surface area contributed by atoms with Gasteiger partial charge in [-0.2, -0.15) is 5.26 Å². The number of nitrogens with zero attached hydrogens (tertiary/aromatic N) is 1. The number of methoxy groups -OCH3 is 1. The van der Waals surface area contributed by atoms with Gasteiger partial charge in [0.25, 0.3) is 0 Å². The summed E-state index contributed by atoms with van der Waals surface area (Å²) in [6.45, 7) is 0. The monoisotopic (exact) mass is 187 g/mol. The van der Waals surface area contributed by atoms with Gasteiger partial charge in [0.2, 0.25) is 0 Å². The number of nitriles is 1. The van der Waals surface area contributed by atoms with Crippen LogP contribution in [0.15, 0.2) is 18.2 Å². The fourth-order valence-electron chi connectivity index (χ4n) is 2.05. The molecule has 1 aromatic rings. The van der Waals surface area contributed by atoms with Gasteiger partial charge in [0.15, 0.2) is 0 Å². The molecule has 0 aromatic heterocycles. The van der Waals surface area contributed by atoms with Gasteiger partial charge in [-0.15, -0.1) is 0 Å². The zero-order valence-corrected chi connectivity index (χ0v) is 8.29. The van der Waals surface area contributed by atoms with E-state index in [2.05, 4.69) is 12.1 Å². The second kappa shape index (κ2) is 3.71. The van der Waals surface area contributed by atoms with Crippen LogP contribution in [0.5, 0.6) is 5.75 Å². The lowest BCUT2D eigenvalue weighted by Crippen LogP contribution is -2.08. The Hall–Kier alpha value is -1.49. The van der Waals surface area contributed by atoms with Crippen molar-refractivity contribution in [3.8, 4) is 11.8 Å². The van der Waals surface area contributed by atoms with Gasteiger partial charge < -0.3 is 4.74 Å². The second-order valence-corrected chi connectivity index (χ2v) is 3.64. The van der Waals surface area contributed by atoms with Crippen LogP contribution in [-0.4, -0.2) is 7.11 Å². The molecule has 0 fully saturated rings. The van der Waals surface area contributed by atoms with E-state index in [1.807, 2.05) is 12.1 Å². The van der Waals surface area contributed by atoms with Crippen LogP contribution in [0.2, 0.25) is 0 Å². The molecule has 1 aliphatic carbocycles. The Kier molecular flexibility index (Phi) is 2.41. The summed E-state index contributed by atoms with van der Waals surface area (Å²) in [5.41, 5.74) is 2.47. The van der Waals surface area contributed by atoms with Crippen molar-refractivity contribution >= 4 is 0 Å². The number of aryl methyl sites for hydroxylation is 1. The van der Waals surface area contributed by atoms with Gasteiger partial charge in [-0.3, -0.25) is 0 Å². The number of benzene rings is 1. The van der Waals surface area contributed by atoms with Gasteiger partial charge in [-0.05, 0) is 42.5 Å². The van der Waals surface area contributed by atoms with E-state index in [-0.39, 0.29) is 5.92 Å². The lowest BCUT2D eigenvalue weighted by Gasteiger charge is -2.20. The van der Waals surface area contributed by atoms with E-state index in [4.69, 9.17) is 10.00 Å². The van der Waals surface area contributed by atoms with E-state index in [1.54, 1.807) is 7.11 Å². The van der Waals surface area contributed by atoms with Crippen LogP contribution in [0.25, 0.3) is 0 Å². The molecule has 0 saturated carbocycles. The highest BCUT2D eigenvalue weighted by molar-refractivity contribution is 5.41. The zero-order valence-electron chi connectivity index (χ0n) is 8.29. The third kappa shape index (κ3) is 1.46. The van der Waals surface area contributed by atoms with E-state index < -0.39 is 0 Å². The summed E-state index contributed by atoms with van der Waals surface area (Å²) in [4.78, 5) is 0. The highest BCUT2D eigenvalue weighted by Gasteiger charge is 2.19. The van der Waals surface area contributed by atoms with Crippen LogP contribution in [0.1, 0.15) is 29.9 Å². The van der Waals surface area contributed by atoms with Crippen LogP contribution in [-0.2, 0) is 6.42 Å². The SMILES string of the molecule is COc1ccc2c(c1)CCC[C@@H]2C#N. The highest BCUT2D eigenvalue weighted by Crippen LogP contribution is 2.32. The summed E-state index contributed by atoms with van der Waals surface area (Å²) >= 11 is 0. The Morgan fingerprint density at radius 3 is 3.07 bits per heavy atom. The Morgan fingerprint density at radius 1 is 1.50 bits per heavy atom. The minimum Gasteiger partial charge on any atom is -0.497 e. The smallest absolute Gasteiger partial charge is 0.119 e. The molecular weight excluding hydrogens is 174 g/mol. The van der Waals surface area contributed by atoms with Crippen molar-refractivity contribution in [2.45, 2.75) is 25.2 Å². The Labute approximate surface area is 84.1 Å². The second-order valence-electron chi connectivity index (χ2n) is 3.64. The third-order valence-corrected chi connectivity index (χ3v) is 2.82. The molecule has 0 amide bonds. The summed E-state index contributed by atoms with van der Waals surface area (Å²) in [5.74, 6) is 0.979. The summed E-state index contributed by atoms with van der Waals surface area (Å²) in [7, 11) is 1.67. The molecule has 0 unspecified atom stereocenters. The maximum absolute atomic E-state index is 8.98. The molecule has 2 rings (SSSR count). The molecule has 1 aromatic carbocycles. The summed E-state index contributed by atoms with van der Waals surface area (Å²) in [6, 6.07) is 8.38. The normalized spacial score (nSPS) is 19.6. The van der Waals surface area contributed by atoms with Crippen LogP contribution in [0, 0.1) is 11.3 Å². The van der Waals surface area contributed by atoms with E-state index in [1.165, 1.54) is 11.1 Å². The zero-order chi connectivity index (χ0) is 9.97. The van der Waals surface area contributed by atoms with Gasteiger partial charge >= 0.3 is 0 Å². The van der Waals surface area contributed by atoms with Crippen LogP contribution in [0.3, 0.4) is 0 Å². The van der Waals surface area contributed by atoms with Crippen molar-refractivity contribution in [2.24, 2.45) is 0 Å². The Balaban J connectivity index is 2.42. The first-order valence-corrected chi connectivity index (χ1v) is 4.91. The molecule has 0 bridgehead atoms. The molecule has 2 nitrogen and oxygen atoms in total. The van der Waals surface area contributed by atoms with Crippen LogP contribution >= 0.6 is 0 Å². The number of rotatable bonds is 1. The van der Waals surface area contributed by atoms with E-state index in [0.29, 0.717) is 0 Å². The predicted molar refractivity (Wildman–Crippen MR) is 54.3 cm³/mol. The predicted octanol–water partition coefficient (Wildman–Crippen LogP) is 2.64. The minimum atomic E-state index is 0.0876. The highest BCUT2D eigenvalue weighted by atomic mass is 16.5. The van der Waals surface area contributed by atoms with Gasteiger partial charge in [0.1, 0.15) is 5.75 Å². The Bertz CT molecular complexity index is 378. The molecule has 0 aliphatic heterocycles. The van der Waals surface area contributed by atoms with Crippen molar-refractivity contribution in [3.05, 3.63) is 29.3 Å². The van der Waals surface area contributed by atoms with E-state index in [0.717, 1.165) is 25.0 Å². The molecule has 72 valence electrons. The maximum Gasteiger partial charge on any atom is 0.119 e. The summed E-state index contributed by atoms with van der Waals surface area (Å²) < 4.78 is 5.17. The van der Waals surface area contributed by atoms with Crippen molar-refractivity contribution in [2.75, 3.05) is 7.11 Å². The molecular formula is C12H13NO. The fraction of sp³-hybridized carbons (Fsp3) is 0.417. The average molecular weight is 187 g/mol. The number of hydrogen-bond acceptors (Lipinski definition) is 2. The van der Waals surface area contributed by atoms with Gasteiger partial charge in [0, 0.05) is 0 Å². The molecule has 14 heavy (non-hydrogen) atoms. The molecule has 1 atom stereocenters. The lowest BCUT2D eigenvalue weighted by molar-refractivity contribution is 0.413. The average Bonchev–Trinajstić information content (AvgIpc) is 2.27. The van der Waals surface area contributed by atoms with Crippen LogP contribution < -0.4 is 4.74 Å². The van der Waals surface area contributed by atoms with Gasteiger partial charge in [0.05, 0.1) is 19.1 Å². The van der Waals surface area contributed by atoms with Crippen molar-refractivity contribution < 1.29 is 4.74 Å². The molecule has 0 saturated heterocycles. The van der Waals surface area contributed by atoms with Crippen molar-refractivity contribution in [3.63, 3.8) is 0 Å². The standard InChI is InChI=1S/C12H13NO/c1-14-11-5-6-12-9(7-11)3-2-4-10(12)8-13/h5-7,10H,2-4H2,1H3/t10-/m1/s1. The van der Waals surface area contributed by atoms with E-state index >= 15 is 0 Å². The molecule has 0 radical (unpaired) electrons. The maximum atomic E-state index is 8.98. The quantitative estimate of drug-likeness (QED) is 0.677. The summed E-state index contributed by atoms with van der Waals surface area (Å²) in [5, 5.41) is 8.98. The topological polar surface area (TPSA) is 33.0 Å². The van der Waals surface area contributed by atoms with Crippen molar-refractivity contribution in [1.82, 2.24) is 0 Å². The van der Waals surface area contributed by atoms with Gasteiger partial charge in [-0.25, -0.2) is 0 Å². The Morgan fingerprint density at radius 2 is 2.36 bits per heavy atom. The first-order valence-electron chi connectivity index (χ1n) is 4.91. The largest absolute Gasteiger partial charge is 0.497 e. The van der Waals surface area contributed by atoms with E-state index in [9.17, 15) is 0 Å². The first-order chi connectivity index (χ1) is 6.85. The fourth-order valence-corrected chi connectivity index (χ4v) is 2.05. The number of ether oxygens (including phenoxy) is 1. The first kappa shape index (κ1) is 9.08. The molecule has 0 N–H and O–H groups in total. The molecule has 0 spiro atoms. The third-order valence-electron chi connectivity index (χ3n) is 2.82. The van der Waals surface area contributed by atoms with Crippen molar-refractivity contribution in [1.29, 1.82) is 5.26 Å². The number of fused-ring (bicyclic) bond motifs is 1. The summed E-state index contributed by atoms with van der Waals surface area (Å²) in [6.07, 6.45) is 3.18. The lowest BCUT2D eigenvalue weighted by atomic mass is 9.84.